The quantitative estimate of drug-likeness (QED) is 0.669. The van der Waals surface area contributed by atoms with Gasteiger partial charge < -0.3 is 9.64 Å². The number of likely N-dealkylation sites (tertiary alicyclic amines) is 1. The van der Waals surface area contributed by atoms with Gasteiger partial charge in [0.05, 0.1) is 6.61 Å². The topological polar surface area (TPSA) is 79.0 Å². The average molecular weight is 462 g/mol. The van der Waals surface area contributed by atoms with Crippen LogP contribution in [0.25, 0.3) is 0 Å². The molecule has 34 heavy (non-hydrogen) atoms. The molecule has 2 fully saturated rings. The summed E-state index contributed by atoms with van der Waals surface area (Å²) in [5, 5.41) is 2.36. The molecule has 3 aliphatic heterocycles. The molecule has 3 heterocycles. The zero-order valence-corrected chi connectivity index (χ0v) is 19.6. The van der Waals surface area contributed by atoms with Gasteiger partial charge in [-0.15, -0.1) is 0 Å². The van der Waals surface area contributed by atoms with Crippen molar-refractivity contribution < 1.29 is 19.1 Å². The second kappa shape index (κ2) is 9.68. The number of piperidine rings is 2. The van der Waals surface area contributed by atoms with Crippen LogP contribution in [-0.4, -0.2) is 53.8 Å². The van der Waals surface area contributed by atoms with Crippen LogP contribution >= 0.6 is 0 Å². The minimum atomic E-state index is -0.562. The Morgan fingerprint density at radius 1 is 0.971 bits per heavy atom. The lowest BCUT2D eigenvalue weighted by atomic mass is 9.87. The average Bonchev–Trinajstić information content (AvgIpc) is 3.16. The number of amides is 3. The van der Waals surface area contributed by atoms with E-state index in [1.54, 1.807) is 12.0 Å². The monoisotopic (exact) mass is 461 g/mol. The van der Waals surface area contributed by atoms with E-state index in [9.17, 15) is 14.4 Å². The SMILES string of the molecule is COCc1ccc(CN2CCC(c3ccc4c(c3)CN(C3CCC(=O)NC3=O)C4=O)CC2)cc1. The van der Waals surface area contributed by atoms with Gasteiger partial charge in [0.2, 0.25) is 11.8 Å². The fourth-order valence-electron chi connectivity index (χ4n) is 5.44. The van der Waals surface area contributed by atoms with Gasteiger partial charge in [-0.1, -0.05) is 36.4 Å². The largest absolute Gasteiger partial charge is 0.380 e. The standard InChI is InChI=1S/C27H31N3O4/c1-34-17-19-4-2-18(3-5-19)15-29-12-10-20(11-13-29)21-6-7-23-22(14-21)16-30(27(23)33)24-8-9-25(31)28-26(24)32/h2-7,14,20,24H,8-13,15-17H2,1H3,(H,28,31,32). The number of carbonyl (C=O) groups excluding carboxylic acids is 3. The molecule has 0 aliphatic carbocycles. The lowest BCUT2D eigenvalue weighted by molar-refractivity contribution is -0.136. The summed E-state index contributed by atoms with van der Waals surface area (Å²) < 4.78 is 5.19. The highest BCUT2D eigenvalue weighted by molar-refractivity contribution is 6.05. The zero-order valence-electron chi connectivity index (χ0n) is 19.6. The van der Waals surface area contributed by atoms with E-state index < -0.39 is 6.04 Å². The molecule has 2 aromatic carbocycles. The molecule has 0 bridgehead atoms. The zero-order chi connectivity index (χ0) is 23.7. The first-order chi connectivity index (χ1) is 16.5. The van der Waals surface area contributed by atoms with Crippen LogP contribution in [0.2, 0.25) is 0 Å². The smallest absolute Gasteiger partial charge is 0.255 e. The Morgan fingerprint density at radius 2 is 1.71 bits per heavy atom. The van der Waals surface area contributed by atoms with E-state index >= 15 is 0 Å². The summed E-state index contributed by atoms with van der Waals surface area (Å²) in [6, 6.07) is 14.2. The van der Waals surface area contributed by atoms with Gasteiger partial charge in [0, 0.05) is 32.2 Å². The highest BCUT2D eigenvalue weighted by Crippen LogP contribution is 2.34. The summed E-state index contributed by atoms with van der Waals surface area (Å²) in [6.07, 6.45) is 2.85. The van der Waals surface area contributed by atoms with Crippen molar-refractivity contribution >= 4 is 17.7 Å². The number of rotatable bonds is 6. The molecule has 2 aromatic rings. The predicted octanol–water partition coefficient (Wildman–Crippen LogP) is 2.97. The van der Waals surface area contributed by atoms with Crippen molar-refractivity contribution in [1.29, 1.82) is 0 Å². The Balaban J connectivity index is 1.19. The van der Waals surface area contributed by atoms with E-state index in [1.165, 1.54) is 16.7 Å². The fraction of sp³-hybridized carbons (Fsp3) is 0.444. The predicted molar refractivity (Wildman–Crippen MR) is 127 cm³/mol. The van der Waals surface area contributed by atoms with Crippen molar-refractivity contribution in [2.45, 2.75) is 57.3 Å². The number of imide groups is 1. The maximum atomic E-state index is 12.9. The Kier molecular flexibility index (Phi) is 6.48. The number of ether oxygens (including phenoxy) is 1. The van der Waals surface area contributed by atoms with Crippen molar-refractivity contribution in [3.05, 3.63) is 70.3 Å². The van der Waals surface area contributed by atoms with E-state index in [-0.39, 0.29) is 24.1 Å². The molecule has 2 saturated heterocycles. The summed E-state index contributed by atoms with van der Waals surface area (Å²) in [6.45, 7) is 4.13. The van der Waals surface area contributed by atoms with Crippen LogP contribution in [0.3, 0.4) is 0 Å². The summed E-state index contributed by atoms with van der Waals surface area (Å²) in [5.74, 6) is -0.256. The number of benzene rings is 2. The Labute approximate surface area is 200 Å². The van der Waals surface area contributed by atoms with E-state index in [0.717, 1.165) is 38.0 Å². The molecule has 0 aromatic heterocycles. The number of hydrogen-bond acceptors (Lipinski definition) is 5. The molecular weight excluding hydrogens is 430 g/mol. The second-order valence-corrected chi connectivity index (χ2v) is 9.62. The number of fused-ring (bicyclic) bond motifs is 1. The molecular formula is C27H31N3O4. The van der Waals surface area contributed by atoms with Gasteiger partial charge in [0.1, 0.15) is 6.04 Å². The van der Waals surface area contributed by atoms with Gasteiger partial charge >= 0.3 is 0 Å². The summed E-state index contributed by atoms with van der Waals surface area (Å²) in [5.41, 5.74) is 5.47. The van der Waals surface area contributed by atoms with Gasteiger partial charge in [0.25, 0.3) is 5.91 Å². The van der Waals surface area contributed by atoms with Crippen LogP contribution < -0.4 is 5.32 Å². The molecule has 5 rings (SSSR count). The van der Waals surface area contributed by atoms with Gasteiger partial charge in [0.15, 0.2) is 0 Å². The Bertz CT molecular complexity index is 1090. The molecule has 3 aliphatic rings. The molecule has 178 valence electrons. The summed E-state index contributed by atoms with van der Waals surface area (Å²) in [4.78, 5) is 40.8. The lowest BCUT2D eigenvalue weighted by Crippen LogP contribution is -2.52. The molecule has 1 unspecified atom stereocenters. The van der Waals surface area contributed by atoms with Crippen molar-refractivity contribution in [2.24, 2.45) is 0 Å². The van der Waals surface area contributed by atoms with Crippen molar-refractivity contribution in [3.63, 3.8) is 0 Å². The second-order valence-electron chi connectivity index (χ2n) is 9.62. The van der Waals surface area contributed by atoms with E-state index in [2.05, 4.69) is 46.6 Å². The first-order valence-corrected chi connectivity index (χ1v) is 12.1. The van der Waals surface area contributed by atoms with Crippen LogP contribution in [0.4, 0.5) is 0 Å². The molecule has 0 spiro atoms. The third kappa shape index (κ3) is 4.63. The van der Waals surface area contributed by atoms with Crippen LogP contribution in [-0.2, 0) is 34.0 Å². The molecule has 1 N–H and O–H groups in total. The molecule has 3 amide bonds. The molecule has 7 nitrogen and oxygen atoms in total. The van der Waals surface area contributed by atoms with Gasteiger partial charge in [-0.05, 0) is 66.6 Å². The van der Waals surface area contributed by atoms with E-state index in [4.69, 9.17) is 4.74 Å². The van der Waals surface area contributed by atoms with Gasteiger partial charge in [-0.25, -0.2) is 0 Å². The fourth-order valence-corrected chi connectivity index (χ4v) is 5.44. The first-order valence-electron chi connectivity index (χ1n) is 12.1. The Morgan fingerprint density at radius 3 is 2.41 bits per heavy atom. The van der Waals surface area contributed by atoms with E-state index in [1.807, 2.05) is 6.07 Å². The van der Waals surface area contributed by atoms with Crippen molar-refractivity contribution in [3.8, 4) is 0 Å². The Hall–Kier alpha value is -3.03. The molecule has 7 heteroatoms. The number of nitrogens with zero attached hydrogens (tertiary/aromatic N) is 2. The molecule has 1 atom stereocenters. The lowest BCUT2D eigenvalue weighted by Gasteiger charge is -2.32. The van der Waals surface area contributed by atoms with Crippen molar-refractivity contribution in [1.82, 2.24) is 15.1 Å². The summed E-state index contributed by atoms with van der Waals surface area (Å²) in [7, 11) is 1.71. The molecule has 0 saturated carbocycles. The highest BCUT2D eigenvalue weighted by Gasteiger charge is 2.39. The third-order valence-electron chi connectivity index (χ3n) is 7.35. The first kappa shape index (κ1) is 22.7. The highest BCUT2D eigenvalue weighted by atomic mass is 16.5. The van der Waals surface area contributed by atoms with E-state index in [0.29, 0.717) is 31.1 Å². The van der Waals surface area contributed by atoms with Crippen molar-refractivity contribution in [2.75, 3.05) is 20.2 Å². The maximum absolute atomic E-state index is 12.9. The minimum absolute atomic E-state index is 0.109. The van der Waals surface area contributed by atoms with Crippen LogP contribution in [0.5, 0.6) is 0 Å². The van der Waals surface area contributed by atoms with Crippen LogP contribution in [0.15, 0.2) is 42.5 Å². The summed E-state index contributed by atoms with van der Waals surface area (Å²) >= 11 is 0. The van der Waals surface area contributed by atoms with Gasteiger partial charge in [-0.2, -0.15) is 0 Å². The molecule has 0 radical (unpaired) electrons. The number of nitrogens with one attached hydrogen (secondary N) is 1. The minimum Gasteiger partial charge on any atom is -0.380 e. The van der Waals surface area contributed by atoms with Crippen LogP contribution in [0, 0.1) is 0 Å². The van der Waals surface area contributed by atoms with Crippen LogP contribution in [0.1, 0.15) is 64.2 Å². The maximum Gasteiger partial charge on any atom is 0.255 e. The number of carbonyl (C=O) groups is 3. The van der Waals surface area contributed by atoms with Gasteiger partial charge in [-0.3, -0.25) is 24.6 Å². The number of methoxy groups -OCH3 is 1. The number of hydrogen-bond donors (Lipinski definition) is 1. The normalized spacial score (nSPS) is 21.6. The third-order valence-corrected chi connectivity index (χ3v) is 7.35.